The molecule has 3 aromatic rings. The molecule has 0 bridgehead atoms. The van der Waals surface area contributed by atoms with Gasteiger partial charge in [-0.15, -0.1) is 0 Å². The SMILES string of the molecule is O=C(C1CC1)N1CCC(C2(c3ccc(-c4cnc5ccccc5c4)cc3)OCCO2)CC1. The predicted octanol–water partition coefficient (Wildman–Crippen LogP) is 4.75. The Hall–Kier alpha value is -2.76. The summed E-state index contributed by atoms with van der Waals surface area (Å²) in [6, 6.07) is 18.9. The Bertz CT molecular complexity index is 1130. The highest BCUT2D eigenvalue weighted by atomic mass is 16.7. The number of aromatic nitrogens is 1. The first-order valence-corrected chi connectivity index (χ1v) is 11.8. The molecule has 5 heteroatoms. The third-order valence-corrected chi connectivity index (χ3v) is 7.20. The minimum absolute atomic E-state index is 0.251. The van der Waals surface area contributed by atoms with Gasteiger partial charge in [-0.05, 0) is 43.4 Å². The van der Waals surface area contributed by atoms with E-state index in [-0.39, 0.29) is 11.8 Å². The van der Waals surface area contributed by atoms with Crippen LogP contribution in [0.5, 0.6) is 0 Å². The van der Waals surface area contributed by atoms with Crippen molar-refractivity contribution in [1.82, 2.24) is 9.88 Å². The van der Waals surface area contributed by atoms with Gasteiger partial charge in [0, 0.05) is 47.6 Å². The summed E-state index contributed by atoms with van der Waals surface area (Å²) in [6.07, 6.45) is 5.88. The fourth-order valence-corrected chi connectivity index (χ4v) is 5.26. The number of pyridine rings is 1. The Kier molecular flexibility index (Phi) is 4.96. The largest absolute Gasteiger partial charge is 0.343 e. The van der Waals surface area contributed by atoms with Crippen LogP contribution in [0.1, 0.15) is 31.2 Å². The number of para-hydroxylation sites is 1. The van der Waals surface area contributed by atoms with Crippen LogP contribution < -0.4 is 0 Å². The lowest BCUT2D eigenvalue weighted by Crippen LogP contribution is -2.46. The van der Waals surface area contributed by atoms with Gasteiger partial charge in [0.15, 0.2) is 5.79 Å². The number of nitrogens with zero attached hydrogens (tertiary/aromatic N) is 2. The molecule has 3 aliphatic rings. The van der Waals surface area contributed by atoms with Crippen molar-refractivity contribution in [3.05, 3.63) is 66.4 Å². The number of hydrogen-bond donors (Lipinski definition) is 0. The van der Waals surface area contributed by atoms with Gasteiger partial charge in [-0.25, -0.2) is 0 Å². The maximum Gasteiger partial charge on any atom is 0.225 e. The molecule has 6 rings (SSSR count). The molecule has 0 atom stereocenters. The second kappa shape index (κ2) is 7.98. The summed E-state index contributed by atoms with van der Waals surface area (Å²) in [7, 11) is 0. The fraction of sp³-hybridized carbons (Fsp3) is 0.407. The van der Waals surface area contributed by atoms with E-state index in [0.29, 0.717) is 19.1 Å². The van der Waals surface area contributed by atoms with Gasteiger partial charge >= 0.3 is 0 Å². The first-order valence-electron chi connectivity index (χ1n) is 11.8. The van der Waals surface area contributed by atoms with Gasteiger partial charge in [0.25, 0.3) is 0 Å². The number of rotatable bonds is 4. The highest BCUT2D eigenvalue weighted by Crippen LogP contribution is 2.44. The van der Waals surface area contributed by atoms with Crippen molar-refractivity contribution < 1.29 is 14.3 Å². The molecule has 32 heavy (non-hydrogen) atoms. The van der Waals surface area contributed by atoms with Crippen LogP contribution in [0.2, 0.25) is 0 Å². The minimum atomic E-state index is -0.700. The van der Waals surface area contributed by atoms with Crippen LogP contribution in [0.15, 0.2) is 60.8 Å². The first-order chi connectivity index (χ1) is 15.7. The van der Waals surface area contributed by atoms with Crippen molar-refractivity contribution in [2.45, 2.75) is 31.5 Å². The van der Waals surface area contributed by atoms with Gasteiger partial charge in [0.1, 0.15) is 0 Å². The average Bonchev–Trinajstić information content (AvgIpc) is 3.59. The van der Waals surface area contributed by atoms with E-state index < -0.39 is 5.79 Å². The van der Waals surface area contributed by atoms with Gasteiger partial charge in [-0.1, -0.05) is 42.5 Å². The Morgan fingerprint density at radius 2 is 1.62 bits per heavy atom. The zero-order valence-corrected chi connectivity index (χ0v) is 18.2. The summed E-state index contributed by atoms with van der Waals surface area (Å²) in [5, 5.41) is 1.14. The van der Waals surface area contributed by atoms with E-state index in [4.69, 9.17) is 9.47 Å². The Morgan fingerprint density at radius 1 is 0.906 bits per heavy atom. The number of fused-ring (bicyclic) bond motifs is 1. The Labute approximate surface area is 188 Å². The molecule has 164 valence electrons. The molecule has 0 radical (unpaired) electrons. The second-order valence-corrected chi connectivity index (χ2v) is 9.23. The molecule has 1 aromatic heterocycles. The zero-order chi connectivity index (χ0) is 21.5. The summed E-state index contributed by atoms with van der Waals surface area (Å²) in [5.41, 5.74) is 4.31. The molecule has 1 aliphatic carbocycles. The highest BCUT2D eigenvalue weighted by molar-refractivity contribution is 5.83. The number of hydrogen-bond acceptors (Lipinski definition) is 4. The van der Waals surface area contributed by atoms with Crippen molar-refractivity contribution in [2.75, 3.05) is 26.3 Å². The zero-order valence-electron chi connectivity index (χ0n) is 18.2. The molecule has 2 saturated heterocycles. The van der Waals surface area contributed by atoms with Gasteiger partial charge in [0.05, 0.1) is 18.7 Å². The van der Waals surface area contributed by atoms with Gasteiger partial charge in [-0.2, -0.15) is 0 Å². The lowest BCUT2D eigenvalue weighted by atomic mass is 9.83. The van der Waals surface area contributed by atoms with Crippen LogP contribution in [0, 0.1) is 11.8 Å². The van der Waals surface area contributed by atoms with E-state index in [0.717, 1.165) is 66.4 Å². The lowest BCUT2D eigenvalue weighted by Gasteiger charge is -2.41. The summed E-state index contributed by atoms with van der Waals surface area (Å²) in [5.74, 6) is 0.187. The molecule has 2 aromatic carbocycles. The lowest BCUT2D eigenvalue weighted by molar-refractivity contribution is -0.214. The Morgan fingerprint density at radius 3 is 2.34 bits per heavy atom. The molecule has 1 saturated carbocycles. The summed E-state index contributed by atoms with van der Waals surface area (Å²) < 4.78 is 12.6. The number of carbonyl (C=O) groups excluding carboxylic acids is 1. The molecular weight excluding hydrogens is 400 g/mol. The maximum absolute atomic E-state index is 12.5. The molecule has 0 N–H and O–H groups in total. The van der Waals surface area contributed by atoms with E-state index in [2.05, 4.69) is 41.4 Å². The standard InChI is InChI=1S/C27H28N2O3/c30-26(20-5-6-20)29-13-11-24(12-14-29)27(31-15-16-32-27)23-9-7-19(8-10-23)22-17-21-3-1-2-4-25(21)28-18-22/h1-4,7-10,17-18,20,24H,5-6,11-16H2. The second-order valence-electron chi connectivity index (χ2n) is 9.23. The molecule has 0 unspecified atom stereocenters. The van der Waals surface area contributed by atoms with Crippen LogP contribution in [0.4, 0.5) is 0 Å². The third-order valence-electron chi connectivity index (χ3n) is 7.20. The molecular formula is C27H28N2O3. The van der Waals surface area contributed by atoms with Gasteiger partial charge < -0.3 is 14.4 Å². The molecule has 2 aliphatic heterocycles. The summed E-state index contributed by atoms with van der Waals surface area (Å²) >= 11 is 0. The summed E-state index contributed by atoms with van der Waals surface area (Å²) in [6.45, 7) is 2.82. The first kappa shape index (κ1) is 19.9. The van der Waals surface area contributed by atoms with Crippen LogP contribution in [0.25, 0.3) is 22.0 Å². The van der Waals surface area contributed by atoms with Crippen LogP contribution in [-0.2, 0) is 20.1 Å². The van der Waals surface area contributed by atoms with Gasteiger partial charge in [-0.3, -0.25) is 9.78 Å². The van der Waals surface area contributed by atoms with Crippen molar-refractivity contribution in [2.24, 2.45) is 11.8 Å². The average molecular weight is 429 g/mol. The minimum Gasteiger partial charge on any atom is -0.343 e. The quantitative estimate of drug-likeness (QED) is 0.602. The monoisotopic (exact) mass is 428 g/mol. The van der Waals surface area contributed by atoms with Crippen molar-refractivity contribution in [3.63, 3.8) is 0 Å². The fourth-order valence-electron chi connectivity index (χ4n) is 5.26. The Balaban J connectivity index is 1.23. The van der Waals surface area contributed by atoms with E-state index >= 15 is 0 Å². The number of piperidine rings is 1. The topological polar surface area (TPSA) is 51.7 Å². The number of benzene rings is 2. The van der Waals surface area contributed by atoms with Crippen LogP contribution in [0.3, 0.4) is 0 Å². The van der Waals surface area contributed by atoms with Gasteiger partial charge in [0.2, 0.25) is 5.91 Å². The molecule has 3 heterocycles. The third kappa shape index (κ3) is 3.50. The van der Waals surface area contributed by atoms with E-state index in [1.54, 1.807) is 0 Å². The predicted molar refractivity (Wildman–Crippen MR) is 123 cm³/mol. The molecule has 3 fully saturated rings. The smallest absolute Gasteiger partial charge is 0.225 e. The molecule has 1 amide bonds. The van der Waals surface area contributed by atoms with Crippen molar-refractivity contribution in [3.8, 4) is 11.1 Å². The number of likely N-dealkylation sites (tertiary alicyclic amines) is 1. The molecule has 0 spiro atoms. The van der Waals surface area contributed by atoms with Crippen molar-refractivity contribution >= 4 is 16.8 Å². The highest BCUT2D eigenvalue weighted by Gasteiger charge is 2.48. The van der Waals surface area contributed by atoms with Crippen LogP contribution >= 0.6 is 0 Å². The maximum atomic E-state index is 12.5. The van der Waals surface area contributed by atoms with Crippen molar-refractivity contribution in [1.29, 1.82) is 0 Å². The number of amides is 1. The summed E-state index contributed by atoms with van der Waals surface area (Å²) in [4.78, 5) is 19.1. The van der Waals surface area contributed by atoms with E-state index in [9.17, 15) is 4.79 Å². The van der Waals surface area contributed by atoms with E-state index in [1.165, 1.54) is 0 Å². The normalized spacial score (nSPS) is 21.2. The van der Waals surface area contributed by atoms with Crippen LogP contribution in [-0.4, -0.2) is 42.1 Å². The van der Waals surface area contributed by atoms with E-state index in [1.807, 2.05) is 29.3 Å². The number of ether oxygens (including phenoxy) is 2. The molecule has 5 nitrogen and oxygen atoms in total. The number of carbonyl (C=O) groups is 1.